The molecule has 11 nitrogen and oxygen atoms in total. The first-order valence-corrected chi connectivity index (χ1v) is 16.5. The highest BCUT2D eigenvalue weighted by molar-refractivity contribution is 7.92. The van der Waals surface area contributed by atoms with Gasteiger partial charge in [-0.25, -0.2) is 27.8 Å². The molecule has 0 saturated carbocycles. The lowest BCUT2D eigenvalue weighted by atomic mass is 9.99. The molecule has 2 aliphatic heterocycles. The van der Waals surface area contributed by atoms with Crippen LogP contribution in [-0.4, -0.2) is 87.9 Å². The predicted molar refractivity (Wildman–Crippen MR) is 171 cm³/mol. The molecule has 14 heteroatoms. The number of nitrogens with two attached hydrogens (primary N) is 1. The van der Waals surface area contributed by atoms with Gasteiger partial charge in [0.05, 0.1) is 61.8 Å². The summed E-state index contributed by atoms with van der Waals surface area (Å²) in [6.45, 7) is 5.13. The molecule has 2 aromatic carbocycles. The van der Waals surface area contributed by atoms with E-state index in [0.717, 1.165) is 5.69 Å². The summed E-state index contributed by atoms with van der Waals surface area (Å²) in [7, 11) is -3.94. The molecule has 0 radical (unpaired) electrons. The molecule has 2 aliphatic rings. The molecule has 2 saturated heterocycles. The maximum Gasteiger partial charge on any atom is 0.232 e. The highest BCUT2D eigenvalue weighted by Gasteiger charge is 2.27. The number of ether oxygens (including phenoxy) is 2. The number of nitrogens with one attached hydrogen (secondary N) is 1. The monoisotopic (exact) mass is 639 g/mol. The van der Waals surface area contributed by atoms with E-state index in [0.29, 0.717) is 85.6 Å². The van der Waals surface area contributed by atoms with Crippen LogP contribution in [0, 0.1) is 5.82 Å². The van der Waals surface area contributed by atoms with Crippen molar-refractivity contribution in [3.63, 3.8) is 0 Å². The number of benzene rings is 2. The van der Waals surface area contributed by atoms with E-state index in [9.17, 15) is 12.8 Å². The van der Waals surface area contributed by atoms with E-state index in [-0.39, 0.29) is 23.7 Å². The number of hydrogen-bond acceptors (Lipinski definition) is 10. The third-order valence-corrected chi connectivity index (χ3v) is 9.28. The van der Waals surface area contributed by atoms with Crippen LogP contribution < -0.4 is 20.3 Å². The second-order valence-corrected chi connectivity index (χ2v) is 12.9. The van der Waals surface area contributed by atoms with Crippen LogP contribution in [0.4, 0.5) is 31.8 Å². The fourth-order valence-corrected chi connectivity index (χ4v) is 6.71. The van der Waals surface area contributed by atoms with Gasteiger partial charge in [-0.3, -0.25) is 9.11 Å². The van der Waals surface area contributed by atoms with Crippen LogP contribution in [0.5, 0.6) is 0 Å². The van der Waals surface area contributed by atoms with Gasteiger partial charge in [0.25, 0.3) is 0 Å². The highest BCUT2D eigenvalue weighted by Crippen LogP contribution is 2.40. The summed E-state index contributed by atoms with van der Waals surface area (Å²) < 4.78 is 67.4. The Morgan fingerprint density at radius 3 is 2.58 bits per heavy atom. The van der Waals surface area contributed by atoms with E-state index in [1.807, 2.05) is 18.2 Å². The van der Waals surface area contributed by atoms with E-state index < -0.39 is 28.3 Å². The minimum atomic E-state index is -3.94. The smallest absolute Gasteiger partial charge is 0.232 e. The Kier molecular flexibility index (Phi) is 8.97. The molecule has 0 unspecified atom stereocenters. The van der Waals surface area contributed by atoms with Crippen molar-refractivity contribution in [2.24, 2.45) is 0 Å². The van der Waals surface area contributed by atoms with Gasteiger partial charge in [0, 0.05) is 42.3 Å². The normalized spacial score (nSPS) is 17.5. The summed E-state index contributed by atoms with van der Waals surface area (Å²) in [6.07, 6.45) is 1.46. The van der Waals surface area contributed by atoms with Crippen LogP contribution in [0.2, 0.25) is 0 Å². The van der Waals surface area contributed by atoms with Crippen LogP contribution in [0.15, 0.2) is 48.7 Å². The Balaban J connectivity index is 1.57. The van der Waals surface area contributed by atoms with Gasteiger partial charge < -0.3 is 25.0 Å². The molecule has 2 aromatic heterocycles. The summed E-state index contributed by atoms with van der Waals surface area (Å²) in [5, 5.41) is 0.711. The minimum absolute atomic E-state index is 0.00327. The first-order chi connectivity index (χ1) is 21.7. The van der Waals surface area contributed by atoms with Crippen LogP contribution in [0.3, 0.4) is 0 Å². The lowest BCUT2D eigenvalue weighted by Gasteiger charge is -2.36. The molecule has 0 bridgehead atoms. The molecule has 0 spiro atoms. The SMILES string of the molecule is C[C@@H]1COCCN1c1nc(-c2ccc(N)nc2)nc2c(N3CCOCC3)cc(-c3cccc(NS(=O)(=O)CCCF)c3F)cc12. The number of hydrogen-bond donors (Lipinski definition) is 2. The van der Waals surface area contributed by atoms with Crippen LogP contribution in [0.1, 0.15) is 13.3 Å². The molecule has 45 heavy (non-hydrogen) atoms. The zero-order chi connectivity index (χ0) is 31.6. The van der Waals surface area contributed by atoms with Crippen LogP contribution >= 0.6 is 0 Å². The van der Waals surface area contributed by atoms with E-state index in [1.165, 1.54) is 6.07 Å². The van der Waals surface area contributed by atoms with Crippen molar-refractivity contribution in [3.05, 3.63) is 54.5 Å². The maximum absolute atomic E-state index is 16.1. The van der Waals surface area contributed by atoms with Crippen molar-refractivity contribution in [1.82, 2.24) is 15.0 Å². The quantitative estimate of drug-likeness (QED) is 0.274. The van der Waals surface area contributed by atoms with Crippen molar-refractivity contribution in [2.45, 2.75) is 19.4 Å². The first-order valence-electron chi connectivity index (χ1n) is 14.8. The molecule has 4 aromatic rings. The lowest BCUT2D eigenvalue weighted by Crippen LogP contribution is -2.44. The molecule has 1 atom stereocenters. The summed E-state index contributed by atoms with van der Waals surface area (Å²) in [5.41, 5.74) is 8.53. The number of nitrogens with zero attached hydrogens (tertiary/aromatic N) is 5. The number of halogens is 2. The Hall–Kier alpha value is -4.14. The average molecular weight is 640 g/mol. The average Bonchev–Trinajstić information content (AvgIpc) is 3.05. The molecule has 4 heterocycles. The van der Waals surface area contributed by atoms with Gasteiger partial charge in [-0.1, -0.05) is 12.1 Å². The van der Waals surface area contributed by atoms with Gasteiger partial charge in [-0.15, -0.1) is 0 Å². The molecule has 0 aliphatic carbocycles. The van der Waals surface area contributed by atoms with E-state index in [2.05, 4.69) is 26.4 Å². The van der Waals surface area contributed by atoms with E-state index in [1.54, 1.807) is 24.4 Å². The molecular weight excluding hydrogens is 604 g/mol. The Morgan fingerprint density at radius 1 is 1.04 bits per heavy atom. The number of fused-ring (bicyclic) bond motifs is 1. The Labute approximate surface area is 260 Å². The number of anilines is 4. The van der Waals surface area contributed by atoms with Gasteiger partial charge in [-0.2, -0.15) is 0 Å². The summed E-state index contributed by atoms with van der Waals surface area (Å²) >= 11 is 0. The molecule has 238 valence electrons. The third kappa shape index (κ3) is 6.63. The fraction of sp³-hybridized carbons (Fsp3) is 0.387. The predicted octanol–water partition coefficient (Wildman–Crippen LogP) is 4.24. The number of rotatable bonds is 9. The Bertz CT molecular complexity index is 1790. The second kappa shape index (κ2) is 13.1. The molecular formula is C31H35F2N7O4S. The van der Waals surface area contributed by atoms with Crippen molar-refractivity contribution < 1.29 is 26.7 Å². The van der Waals surface area contributed by atoms with Gasteiger partial charge in [0.1, 0.15) is 11.6 Å². The molecule has 3 N–H and O–H groups in total. The maximum atomic E-state index is 16.1. The lowest BCUT2D eigenvalue weighted by molar-refractivity contribution is 0.0987. The largest absolute Gasteiger partial charge is 0.384 e. The number of alkyl halides is 1. The summed E-state index contributed by atoms with van der Waals surface area (Å²) in [5.74, 6) is 0.341. The van der Waals surface area contributed by atoms with Crippen molar-refractivity contribution in [1.29, 1.82) is 0 Å². The minimum Gasteiger partial charge on any atom is -0.384 e. The fourth-order valence-electron chi connectivity index (χ4n) is 5.62. The van der Waals surface area contributed by atoms with Crippen LogP contribution in [0.25, 0.3) is 33.4 Å². The Morgan fingerprint density at radius 2 is 1.84 bits per heavy atom. The highest BCUT2D eigenvalue weighted by atomic mass is 32.2. The van der Waals surface area contributed by atoms with Gasteiger partial charge in [0.15, 0.2) is 11.6 Å². The van der Waals surface area contributed by atoms with E-state index in [4.69, 9.17) is 25.2 Å². The first kappa shape index (κ1) is 30.9. The second-order valence-electron chi connectivity index (χ2n) is 11.1. The van der Waals surface area contributed by atoms with Crippen molar-refractivity contribution in [2.75, 3.05) is 78.7 Å². The van der Waals surface area contributed by atoms with Gasteiger partial charge >= 0.3 is 0 Å². The number of nitrogen functional groups attached to an aromatic ring is 1. The number of aromatic nitrogens is 3. The van der Waals surface area contributed by atoms with Crippen molar-refractivity contribution >= 4 is 43.9 Å². The van der Waals surface area contributed by atoms with Gasteiger partial charge in [-0.05, 0) is 49.2 Å². The zero-order valence-electron chi connectivity index (χ0n) is 24.9. The summed E-state index contributed by atoms with van der Waals surface area (Å²) in [6, 6.07) is 11.8. The van der Waals surface area contributed by atoms with Gasteiger partial charge in [0.2, 0.25) is 10.0 Å². The van der Waals surface area contributed by atoms with Crippen molar-refractivity contribution in [3.8, 4) is 22.5 Å². The topological polar surface area (TPSA) is 136 Å². The summed E-state index contributed by atoms with van der Waals surface area (Å²) in [4.78, 5) is 18.6. The number of sulfonamides is 1. The third-order valence-electron chi connectivity index (χ3n) is 7.92. The van der Waals surface area contributed by atoms with E-state index >= 15 is 4.39 Å². The number of morpholine rings is 2. The number of pyridine rings is 1. The molecule has 0 amide bonds. The van der Waals surface area contributed by atoms with Crippen LogP contribution in [-0.2, 0) is 19.5 Å². The molecule has 2 fully saturated rings. The standard InChI is InChI=1S/C31H35F2N7O4S/c1-20-19-44-14-11-40(20)31-24-16-22(23-4-2-5-25(28(23)33)38-45(41,42)15-3-8-32)17-26(39-9-12-43-13-10-39)29(24)36-30(37-31)21-6-7-27(34)35-18-21/h2,4-7,16-18,20,38H,3,8-15,19H2,1H3,(H2,34,35)/t20-/m1/s1. The zero-order valence-corrected chi connectivity index (χ0v) is 25.7. The molecule has 6 rings (SSSR count).